The van der Waals surface area contributed by atoms with Crippen LogP contribution in [0.1, 0.15) is 37.3 Å². The Morgan fingerprint density at radius 3 is 2.94 bits per heavy atom. The van der Waals surface area contributed by atoms with Crippen LogP contribution in [0.25, 0.3) is 0 Å². The van der Waals surface area contributed by atoms with Crippen molar-refractivity contribution in [3.8, 4) is 5.75 Å². The molecule has 1 aliphatic heterocycles. The number of nitrogens with zero attached hydrogens (tertiary/aromatic N) is 1. The molecule has 1 fully saturated rings. The molecule has 1 saturated heterocycles. The highest BCUT2D eigenvalue weighted by Crippen LogP contribution is 2.25. The van der Waals surface area contributed by atoms with Crippen molar-refractivity contribution in [2.75, 3.05) is 6.54 Å². The van der Waals surface area contributed by atoms with Gasteiger partial charge in [0.25, 0.3) is 0 Å². The second kappa shape index (κ2) is 5.72. The van der Waals surface area contributed by atoms with E-state index in [1.165, 1.54) is 24.8 Å². The highest BCUT2D eigenvalue weighted by atomic mass is 16.3. The molecule has 3 heteroatoms. The smallest absolute Gasteiger partial charge is 0.120 e. The van der Waals surface area contributed by atoms with Gasteiger partial charge in [0, 0.05) is 24.2 Å². The number of aromatic hydroxyl groups is 1. The third-order valence-corrected chi connectivity index (χ3v) is 3.88. The molecule has 0 spiro atoms. The van der Waals surface area contributed by atoms with E-state index in [0.717, 1.165) is 18.7 Å². The zero-order valence-corrected chi connectivity index (χ0v) is 11.4. The third-order valence-electron chi connectivity index (χ3n) is 3.88. The van der Waals surface area contributed by atoms with Crippen molar-refractivity contribution in [3.05, 3.63) is 29.3 Å². The van der Waals surface area contributed by atoms with Gasteiger partial charge in [-0.3, -0.25) is 4.90 Å². The van der Waals surface area contributed by atoms with Crippen molar-refractivity contribution in [1.29, 1.82) is 0 Å². The predicted molar refractivity (Wildman–Crippen MR) is 74.5 cm³/mol. The number of aryl methyl sites for hydroxylation is 1. The minimum atomic E-state index is 0.192. The minimum absolute atomic E-state index is 0.192. The number of rotatable bonds is 3. The van der Waals surface area contributed by atoms with Crippen LogP contribution in [0.5, 0.6) is 5.75 Å². The Balaban J connectivity index is 2.13. The Labute approximate surface area is 110 Å². The molecule has 3 N–H and O–H groups in total. The highest BCUT2D eigenvalue weighted by Gasteiger charge is 2.25. The van der Waals surface area contributed by atoms with Gasteiger partial charge in [0.05, 0.1) is 0 Å². The summed E-state index contributed by atoms with van der Waals surface area (Å²) >= 11 is 0. The molecule has 2 unspecified atom stereocenters. The summed E-state index contributed by atoms with van der Waals surface area (Å²) in [5, 5.41) is 9.93. The maximum atomic E-state index is 9.93. The van der Waals surface area contributed by atoms with Crippen LogP contribution in [-0.2, 0) is 6.54 Å². The highest BCUT2D eigenvalue weighted by molar-refractivity contribution is 5.35. The molecule has 0 aromatic heterocycles. The van der Waals surface area contributed by atoms with Gasteiger partial charge in [-0.15, -0.1) is 0 Å². The summed E-state index contributed by atoms with van der Waals surface area (Å²) in [4.78, 5) is 2.42. The number of phenols is 1. The van der Waals surface area contributed by atoms with Crippen molar-refractivity contribution in [2.24, 2.45) is 5.73 Å². The van der Waals surface area contributed by atoms with E-state index in [0.29, 0.717) is 11.8 Å². The molecule has 1 heterocycles. The first-order valence-corrected chi connectivity index (χ1v) is 6.86. The maximum absolute atomic E-state index is 9.93. The summed E-state index contributed by atoms with van der Waals surface area (Å²) in [5.74, 6) is 0.398. The van der Waals surface area contributed by atoms with E-state index in [1.807, 2.05) is 6.07 Å². The van der Waals surface area contributed by atoms with Gasteiger partial charge in [-0.05, 0) is 39.3 Å². The van der Waals surface area contributed by atoms with Crippen molar-refractivity contribution >= 4 is 0 Å². The predicted octanol–water partition coefficient (Wildman–Crippen LogP) is 2.40. The molecule has 0 radical (unpaired) electrons. The summed E-state index contributed by atoms with van der Waals surface area (Å²) in [7, 11) is 0. The van der Waals surface area contributed by atoms with E-state index < -0.39 is 0 Å². The molecule has 0 saturated carbocycles. The van der Waals surface area contributed by atoms with E-state index >= 15 is 0 Å². The fourth-order valence-corrected chi connectivity index (χ4v) is 2.87. The van der Waals surface area contributed by atoms with Crippen molar-refractivity contribution in [1.82, 2.24) is 4.90 Å². The number of piperidine rings is 1. The number of hydrogen-bond acceptors (Lipinski definition) is 3. The molecule has 1 aliphatic rings. The minimum Gasteiger partial charge on any atom is -0.508 e. The van der Waals surface area contributed by atoms with Gasteiger partial charge in [0.2, 0.25) is 0 Å². The number of phenolic OH excluding ortho intramolecular Hbond substituents is 1. The van der Waals surface area contributed by atoms with Crippen molar-refractivity contribution in [2.45, 2.75) is 51.7 Å². The van der Waals surface area contributed by atoms with Gasteiger partial charge in [-0.25, -0.2) is 0 Å². The number of benzene rings is 1. The van der Waals surface area contributed by atoms with E-state index in [9.17, 15) is 5.11 Å². The van der Waals surface area contributed by atoms with Crippen LogP contribution in [0.2, 0.25) is 0 Å². The molecule has 2 atom stereocenters. The average molecular weight is 248 g/mol. The normalized spacial score (nSPS) is 22.9. The molecule has 0 amide bonds. The third kappa shape index (κ3) is 3.03. The van der Waals surface area contributed by atoms with E-state index in [2.05, 4.69) is 24.8 Å². The monoisotopic (exact) mass is 248 g/mol. The molecule has 1 aromatic carbocycles. The molecular weight excluding hydrogens is 224 g/mol. The van der Waals surface area contributed by atoms with Gasteiger partial charge in [0.15, 0.2) is 0 Å². The van der Waals surface area contributed by atoms with Gasteiger partial charge in [0.1, 0.15) is 5.75 Å². The van der Waals surface area contributed by atoms with Crippen LogP contribution in [0.3, 0.4) is 0 Å². The quantitative estimate of drug-likeness (QED) is 0.863. The van der Waals surface area contributed by atoms with Crippen molar-refractivity contribution < 1.29 is 5.11 Å². The zero-order valence-electron chi connectivity index (χ0n) is 11.4. The first-order valence-electron chi connectivity index (χ1n) is 6.86. The Morgan fingerprint density at radius 2 is 2.22 bits per heavy atom. The Hall–Kier alpha value is -1.06. The second-order valence-corrected chi connectivity index (χ2v) is 5.52. The second-order valence-electron chi connectivity index (χ2n) is 5.52. The lowest BCUT2D eigenvalue weighted by atomic mass is 9.96. The Morgan fingerprint density at radius 1 is 1.44 bits per heavy atom. The molecule has 18 heavy (non-hydrogen) atoms. The molecular formula is C15H24N2O. The maximum Gasteiger partial charge on any atom is 0.120 e. The fourth-order valence-electron chi connectivity index (χ4n) is 2.87. The Bertz CT molecular complexity index is 403. The van der Waals surface area contributed by atoms with Crippen LogP contribution in [0, 0.1) is 6.92 Å². The molecule has 3 nitrogen and oxygen atoms in total. The van der Waals surface area contributed by atoms with E-state index in [4.69, 9.17) is 5.73 Å². The van der Waals surface area contributed by atoms with Gasteiger partial charge >= 0.3 is 0 Å². The summed E-state index contributed by atoms with van der Waals surface area (Å²) in [6.07, 6.45) is 3.67. The van der Waals surface area contributed by atoms with E-state index in [-0.39, 0.29) is 6.04 Å². The van der Waals surface area contributed by atoms with Gasteiger partial charge in [-0.1, -0.05) is 24.1 Å². The zero-order chi connectivity index (χ0) is 13.1. The van der Waals surface area contributed by atoms with Gasteiger partial charge < -0.3 is 10.8 Å². The molecule has 2 rings (SSSR count). The fraction of sp³-hybridized carbons (Fsp3) is 0.600. The Kier molecular flexibility index (Phi) is 4.25. The summed E-state index contributed by atoms with van der Waals surface area (Å²) in [6.45, 7) is 6.03. The lowest BCUT2D eigenvalue weighted by Gasteiger charge is -2.38. The number of likely N-dealkylation sites (tertiary alicyclic amines) is 1. The van der Waals surface area contributed by atoms with Crippen LogP contribution in [0.4, 0.5) is 0 Å². The summed E-state index contributed by atoms with van der Waals surface area (Å²) in [5.41, 5.74) is 8.28. The topological polar surface area (TPSA) is 49.5 Å². The van der Waals surface area contributed by atoms with Crippen LogP contribution in [-0.4, -0.2) is 28.6 Å². The molecule has 100 valence electrons. The van der Waals surface area contributed by atoms with Crippen molar-refractivity contribution in [3.63, 3.8) is 0 Å². The number of nitrogens with two attached hydrogens (primary N) is 1. The molecule has 0 bridgehead atoms. The molecule has 1 aromatic rings. The first-order chi connectivity index (χ1) is 8.58. The lowest BCUT2D eigenvalue weighted by Crippen LogP contribution is -2.48. The largest absolute Gasteiger partial charge is 0.508 e. The van der Waals surface area contributed by atoms with Crippen LogP contribution in [0.15, 0.2) is 18.2 Å². The standard InChI is InChI=1S/C15H24N2O/c1-11-6-7-15(18)13(9-11)10-17-8-4-3-5-14(17)12(2)16/h6-7,9,12,14,18H,3-5,8,10,16H2,1-2H3. The molecule has 0 aliphatic carbocycles. The summed E-state index contributed by atoms with van der Waals surface area (Å²) < 4.78 is 0. The number of hydrogen-bond donors (Lipinski definition) is 2. The van der Waals surface area contributed by atoms with Gasteiger partial charge in [-0.2, -0.15) is 0 Å². The van der Waals surface area contributed by atoms with Crippen LogP contribution < -0.4 is 5.73 Å². The average Bonchev–Trinajstić information content (AvgIpc) is 2.34. The lowest BCUT2D eigenvalue weighted by molar-refractivity contribution is 0.122. The van der Waals surface area contributed by atoms with E-state index in [1.54, 1.807) is 6.07 Å². The first kappa shape index (κ1) is 13.4. The SMILES string of the molecule is Cc1ccc(O)c(CN2CCCCC2C(C)N)c1. The van der Waals surface area contributed by atoms with Crippen LogP contribution >= 0.6 is 0 Å². The summed E-state index contributed by atoms with van der Waals surface area (Å²) in [6, 6.07) is 6.44.